The summed E-state index contributed by atoms with van der Waals surface area (Å²) >= 11 is 3.48. The highest BCUT2D eigenvalue weighted by atomic mass is 79.9. The molecule has 0 spiro atoms. The first-order valence-electron chi connectivity index (χ1n) is 6.20. The second-order valence-electron chi connectivity index (χ2n) is 4.18. The van der Waals surface area contributed by atoms with Crippen LogP contribution in [0.2, 0.25) is 0 Å². The zero-order valence-electron chi connectivity index (χ0n) is 11.1. The van der Waals surface area contributed by atoms with E-state index >= 15 is 0 Å². The van der Waals surface area contributed by atoms with E-state index in [2.05, 4.69) is 26.5 Å². The summed E-state index contributed by atoms with van der Waals surface area (Å²) in [7, 11) is 0. The average Bonchev–Trinajstić information content (AvgIpc) is 2.47. The zero-order valence-corrected chi connectivity index (χ0v) is 12.7. The van der Waals surface area contributed by atoms with Gasteiger partial charge >= 0.3 is 6.03 Å². The summed E-state index contributed by atoms with van der Waals surface area (Å²) in [6.07, 6.45) is 1.50. The summed E-state index contributed by atoms with van der Waals surface area (Å²) in [5, 5.41) is 3.68. The van der Waals surface area contributed by atoms with E-state index in [1.54, 1.807) is 0 Å². The monoisotopic (exact) mass is 347 g/mol. The number of ether oxygens (including phenoxy) is 1. The number of carbonyl (C=O) groups is 1. The lowest BCUT2D eigenvalue weighted by molar-refractivity contribution is 0.249. The molecular weight excluding hydrogens is 334 g/mol. The Balaban J connectivity index is 1.92. The molecule has 0 saturated carbocycles. The van der Waals surface area contributed by atoms with Crippen LogP contribution in [0.25, 0.3) is 0 Å². The summed E-state index contributed by atoms with van der Waals surface area (Å²) < 4.78 is 6.73. The van der Waals surface area contributed by atoms with E-state index in [0.717, 1.165) is 21.3 Å². The van der Waals surface area contributed by atoms with Crippen molar-refractivity contribution in [1.82, 2.24) is 5.43 Å². The highest BCUT2D eigenvalue weighted by molar-refractivity contribution is 9.10. The minimum Gasteiger partial charge on any atom is -0.489 e. The molecule has 108 valence electrons. The molecule has 0 radical (unpaired) electrons. The van der Waals surface area contributed by atoms with E-state index in [1.807, 2.05) is 48.5 Å². The van der Waals surface area contributed by atoms with Gasteiger partial charge in [-0.3, -0.25) is 0 Å². The standard InChI is InChI=1S/C15H14BrN3O2/c16-14-4-2-1-3-12(14)10-21-13-7-5-11(6-8-13)9-18-19-15(17)20/h1-9H,10H2,(H3,17,19,20). The van der Waals surface area contributed by atoms with E-state index in [1.165, 1.54) is 6.21 Å². The highest BCUT2D eigenvalue weighted by Crippen LogP contribution is 2.19. The number of nitrogens with zero attached hydrogens (tertiary/aromatic N) is 1. The second kappa shape index (κ2) is 7.44. The number of rotatable bonds is 5. The van der Waals surface area contributed by atoms with Gasteiger partial charge in [0.1, 0.15) is 12.4 Å². The number of primary amides is 1. The van der Waals surface area contributed by atoms with Crippen molar-refractivity contribution >= 4 is 28.2 Å². The van der Waals surface area contributed by atoms with Crippen molar-refractivity contribution in [3.63, 3.8) is 0 Å². The predicted octanol–water partition coefficient (Wildman–Crippen LogP) is 3.03. The Morgan fingerprint density at radius 2 is 1.95 bits per heavy atom. The number of carbonyl (C=O) groups excluding carboxylic acids is 1. The molecule has 0 aliphatic heterocycles. The van der Waals surface area contributed by atoms with E-state index in [-0.39, 0.29) is 0 Å². The number of hydrogen-bond donors (Lipinski definition) is 2. The lowest BCUT2D eigenvalue weighted by Gasteiger charge is -2.07. The molecule has 5 nitrogen and oxygen atoms in total. The third-order valence-corrected chi connectivity index (χ3v) is 3.39. The second-order valence-corrected chi connectivity index (χ2v) is 5.04. The molecule has 6 heteroatoms. The van der Waals surface area contributed by atoms with Crippen molar-refractivity contribution in [1.29, 1.82) is 0 Å². The average molecular weight is 348 g/mol. The maximum Gasteiger partial charge on any atom is 0.332 e. The van der Waals surface area contributed by atoms with Gasteiger partial charge in [-0.15, -0.1) is 0 Å². The molecule has 3 N–H and O–H groups in total. The molecule has 2 aromatic carbocycles. The van der Waals surface area contributed by atoms with Gasteiger partial charge in [-0.1, -0.05) is 34.1 Å². The quantitative estimate of drug-likeness (QED) is 0.644. The first kappa shape index (κ1) is 15.1. The van der Waals surface area contributed by atoms with Gasteiger partial charge in [-0.05, 0) is 35.9 Å². The fourth-order valence-electron chi connectivity index (χ4n) is 1.60. The van der Waals surface area contributed by atoms with Crippen LogP contribution in [-0.4, -0.2) is 12.2 Å². The summed E-state index contributed by atoms with van der Waals surface area (Å²) in [6.45, 7) is 0.484. The summed E-state index contributed by atoms with van der Waals surface area (Å²) in [5.41, 5.74) is 8.94. The number of nitrogens with one attached hydrogen (secondary N) is 1. The minimum absolute atomic E-state index is 0.484. The van der Waals surface area contributed by atoms with Crippen LogP contribution in [0.4, 0.5) is 4.79 Å². The number of hydrogen-bond acceptors (Lipinski definition) is 3. The Labute approximate surface area is 130 Å². The highest BCUT2D eigenvalue weighted by Gasteiger charge is 2.00. The van der Waals surface area contributed by atoms with Crippen LogP contribution in [0.1, 0.15) is 11.1 Å². The van der Waals surface area contributed by atoms with Crippen LogP contribution >= 0.6 is 15.9 Å². The van der Waals surface area contributed by atoms with Crippen molar-refractivity contribution in [3.8, 4) is 5.75 Å². The van der Waals surface area contributed by atoms with E-state index in [0.29, 0.717) is 6.61 Å². The number of nitrogens with two attached hydrogens (primary N) is 1. The molecule has 2 rings (SSSR count). The van der Waals surface area contributed by atoms with Gasteiger partial charge in [0.15, 0.2) is 0 Å². The SMILES string of the molecule is NC(=O)NN=Cc1ccc(OCc2ccccc2Br)cc1. The Morgan fingerprint density at radius 1 is 1.24 bits per heavy atom. The molecule has 2 amide bonds. The van der Waals surface area contributed by atoms with Gasteiger partial charge in [-0.25, -0.2) is 10.2 Å². The van der Waals surface area contributed by atoms with Gasteiger partial charge in [-0.2, -0.15) is 5.10 Å². The Morgan fingerprint density at radius 3 is 2.62 bits per heavy atom. The largest absolute Gasteiger partial charge is 0.489 e. The van der Waals surface area contributed by atoms with Crippen molar-refractivity contribution < 1.29 is 9.53 Å². The number of amides is 2. The van der Waals surface area contributed by atoms with Crippen LogP contribution in [0.3, 0.4) is 0 Å². The molecule has 21 heavy (non-hydrogen) atoms. The number of urea groups is 1. The Hall–Kier alpha value is -2.34. The van der Waals surface area contributed by atoms with Crippen molar-refractivity contribution in [2.45, 2.75) is 6.61 Å². The molecule has 0 aromatic heterocycles. The predicted molar refractivity (Wildman–Crippen MR) is 85.2 cm³/mol. The number of halogens is 1. The van der Waals surface area contributed by atoms with Crippen molar-refractivity contribution in [3.05, 3.63) is 64.1 Å². The minimum atomic E-state index is -0.695. The molecule has 0 atom stereocenters. The smallest absolute Gasteiger partial charge is 0.332 e. The number of hydrazone groups is 1. The molecule has 0 fully saturated rings. The van der Waals surface area contributed by atoms with Crippen LogP contribution in [-0.2, 0) is 6.61 Å². The summed E-state index contributed by atoms with van der Waals surface area (Å²) in [6, 6.07) is 14.6. The Bertz CT molecular complexity index is 642. The third-order valence-electron chi connectivity index (χ3n) is 2.62. The molecule has 2 aromatic rings. The lowest BCUT2D eigenvalue weighted by atomic mass is 10.2. The van der Waals surface area contributed by atoms with Crippen LogP contribution in [0.5, 0.6) is 5.75 Å². The first-order chi connectivity index (χ1) is 10.1. The fourth-order valence-corrected chi connectivity index (χ4v) is 2.00. The molecule has 0 bridgehead atoms. The maximum absolute atomic E-state index is 10.5. The summed E-state index contributed by atoms with van der Waals surface area (Å²) in [4.78, 5) is 10.5. The first-order valence-corrected chi connectivity index (χ1v) is 6.99. The number of benzene rings is 2. The molecule has 0 aliphatic rings. The van der Waals surface area contributed by atoms with Crippen molar-refractivity contribution in [2.24, 2.45) is 10.8 Å². The molecule has 0 saturated heterocycles. The molecular formula is C15H14BrN3O2. The normalized spacial score (nSPS) is 10.5. The van der Waals surface area contributed by atoms with E-state index in [9.17, 15) is 4.79 Å². The maximum atomic E-state index is 10.5. The molecule has 0 aliphatic carbocycles. The third kappa shape index (κ3) is 4.92. The zero-order chi connectivity index (χ0) is 15.1. The van der Waals surface area contributed by atoms with Crippen LogP contribution < -0.4 is 15.9 Å². The molecule has 0 unspecified atom stereocenters. The Kier molecular flexibility index (Phi) is 5.34. The van der Waals surface area contributed by atoms with Gasteiger partial charge in [0.05, 0.1) is 6.21 Å². The van der Waals surface area contributed by atoms with Gasteiger partial charge in [0, 0.05) is 10.0 Å². The summed E-state index contributed by atoms with van der Waals surface area (Å²) in [5.74, 6) is 0.755. The van der Waals surface area contributed by atoms with Gasteiger partial charge < -0.3 is 10.5 Å². The van der Waals surface area contributed by atoms with E-state index in [4.69, 9.17) is 10.5 Å². The molecule has 0 heterocycles. The van der Waals surface area contributed by atoms with Gasteiger partial charge in [0.2, 0.25) is 0 Å². The van der Waals surface area contributed by atoms with Crippen LogP contribution in [0.15, 0.2) is 58.1 Å². The van der Waals surface area contributed by atoms with E-state index < -0.39 is 6.03 Å². The topological polar surface area (TPSA) is 76.7 Å². The lowest BCUT2D eigenvalue weighted by Crippen LogP contribution is -2.24. The van der Waals surface area contributed by atoms with Crippen LogP contribution in [0, 0.1) is 0 Å². The van der Waals surface area contributed by atoms with Crippen molar-refractivity contribution in [2.75, 3.05) is 0 Å². The fraction of sp³-hybridized carbons (Fsp3) is 0.0667. The van der Waals surface area contributed by atoms with Gasteiger partial charge in [0.25, 0.3) is 0 Å².